The lowest BCUT2D eigenvalue weighted by Crippen LogP contribution is -2.49. The van der Waals surface area contributed by atoms with Crippen LogP contribution in [-0.4, -0.2) is 57.4 Å². The van der Waals surface area contributed by atoms with Crippen molar-refractivity contribution >= 4 is 23.0 Å². The molecular weight excluding hydrogens is 349 g/mol. The minimum absolute atomic E-state index is 0.0716. The number of benzene rings is 1. The number of rotatable bonds is 3. The van der Waals surface area contributed by atoms with Gasteiger partial charge in [-0.05, 0) is 37.3 Å². The monoisotopic (exact) mass is 367 g/mol. The van der Waals surface area contributed by atoms with E-state index in [9.17, 15) is 14.0 Å². The van der Waals surface area contributed by atoms with Gasteiger partial charge in [-0.1, -0.05) is 0 Å². The molecule has 27 heavy (non-hydrogen) atoms. The minimum atomic E-state index is -0.416. The fourth-order valence-electron chi connectivity index (χ4n) is 3.27. The topological polar surface area (TPSA) is 70.8 Å². The summed E-state index contributed by atoms with van der Waals surface area (Å²) < 4.78 is 16.0. The molecule has 0 spiro atoms. The van der Waals surface area contributed by atoms with Gasteiger partial charge in [0.1, 0.15) is 12.1 Å². The lowest BCUT2D eigenvalue weighted by Gasteiger charge is -2.36. The quantitative estimate of drug-likeness (QED) is 0.663. The number of piperazine rings is 1. The predicted octanol–water partition coefficient (Wildman–Crippen LogP) is 2.03. The van der Waals surface area contributed by atoms with E-state index in [1.54, 1.807) is 46.1 Å². The maximum Gasteiger partial charge on any atom is 0.255 e. The first-order valence-corrected chi connectivity index (χ1v) is 8.67. The van der Waals surface area contributed by atoms with Gasteiger partial charge >= 0.3 is 0 Å². The number of anilines is 1. The summed E-state index contributed by atoms with van der Waals surface area (Å²) in [6, 6.07) is 8.01. The van der Waals surface area contributed by atoms with Crippen LogP contribution < -0.4 is 4.90 Å². The highest BCUT2D eigenvalue weighted by molar-refractivity contribution is 5.95. The Balaban J connectivity index is 1.45. The van der Waals surface area contributed by atoms with Crippen molar-refractivity contribution in [2.24, 2.45) is 0 Å². The van der Waals surface area contributed by atoms with Crippen LogP contribution in [0.1, 0.15) is 27.6 Å². The first-order valence-electron chi connectivity index (χ1n) is 8.67. The number of pyridine rings is 1. The number of carbonyl (C=O) groups is 2. The van der Waals surface area contributed by atoms with Gasteiger partial charge in [0.05, 0.1) is 11.3 Å². The molecule has 3 aromatic rings. The van der Waals surface area contributed by atoms with Gasteiger partial charge < -0.3 is 9.80 Å². The van der Waals surface area contributed by atoms with E-state index >= 15 is 0 Å². The number of hydrogen-bond acceptors (Lipinski definition) is 5. The molecule has 1 aromatic carbocycles. The number of ketones is 1. The van der Waals surface area contributed by atoms with E-state index in [4.69, 9.17) is 0 Å². The summed E-state index contributed by atoms with van der Waals surface area (Å²) >= 11 is 0. The zero-order valence-electron chi connectivity index (χ0n) is 14.8. The third kappa shape index (κ3) is 3.25. The molecule has 0 unspecified atom stereocenters. The van der Waals surface area contributed by atoms with E-state index in [-0.39, 0.29) is 11.7 Å². The zero-order valence-corrected chi connectivity index (χ0v) is 14.8. The van der Waals surface area contributed by atoms with Crippen molar-refractivity contribution in [2.45, 2.75) is 6.92 Å². The molecule has 7 nitrogen and oxygen atoms in total. The average molecular weight is 367 g/mol. The highest BCUT2D eigenvalue weighted by Gasteiger charge is 2.24. The third-order valence-corrected chi connectivity index (χ3v) is 4.80. The Morgan fingerprint density at radius 1 is 1.04 bits per heavy atom. The molecule has 1 amide bonds. The maximum absolute atomic E-state index is 14.3. The van der Waals surface area contributed by atoms with Gasteiger partial charge in [0.25, 0.3) is 5.91 Å². The molecule has 0 bridgehead atoms. The van der Waals surface area contributed by atoms with Crippen molar-refractivity contribution in [3.8, 4) is 0 Å². The number of fused-ring (bicyclic) bond motifs is 1. The number of nitrogens with zero attached hydrogens (tertiary/aromatic N) is 5. The first-order chi connectivity index (χ1) is 13.0. The fourth-order valence-corrected chi connectivity index (χ4v) is 3.27. The molecule has 1 aliphatic rings. The third-order valence-electron chi connectivity index (χ3n) is 4.80. The van der Waals surface area contributed by atoms with Crippen molar-refractivity contribution in [3.63, 3.8) is 0 Å². The van der Waals surface area contributed by atoms with Crippen LogP contribution in [0.2, 0.25) is 0 Å². The number of carbonyl (C=O) groups excluding carboxylic acids is 2. The molecule has 0 atom stereocenters. The Morgan fingerprint density at radius 3 is 2.48 bits per heavy atom. The number of halogens is 1. The maximum atomic E-state index is 14.3. The van der Waals surface area contributed by atoms with Crippen molar-refractivity contribution < 1.29 is 14.0 Å². The molecule has 1 aliphatic heterocycles. The molecule has 8 heteroatoms. The summed E-state index contributed by atoms with van der Waals surface area (Å²) in [5.41, 5.74) is 2.06. The highest BCUT2D eigenvalue weighted by atomic mass is 19.1. The van der Waals surface area contributed by atoms with Crippen LogP contribution in [0.3, 0.4) is 0 Å². The summed E-state index contributed by atoms with van der Waals surface area (Å²) in [5.74, 6) is -0.654. The van der Waals surface area contributed by atoms with E-state index < -0.39 is 5.82 Å². The van der Waals surface area contributed by atoms with E-state index in [2.05, 4.69) is 10.2 Å². The molecule has 2 aromatic heterocycles. The van der Waals surface area contributed by atoms with Crippen molar-refractivity contribution in [1.29, 1.82) is 0 Å². The summed E-state index contributed by atoms with van der Waals surface area (Å²) in [7, 11) is 0. The second kappa shape index (κ2) is 6.79. The molecule has 0 aliphatic carbocycles. The second-order valence-electron chi connectivity index (χ2n) is 6.52. The Bertz CT molecular complexity index is 1020. The Morgan fingerprint density at radius 2 is 1.78 bits per heavy atom. The molecule has 4 rings (SSSR count). The van der Waals surface area contributed by atoms with Crippen LogP contribution in [0.5, 0.6) is 0 Å². The average Bonchev–Trinajstić information content (AvgIpc) is 3.15. The lowest BCUT2D eigenvalue weighted by atomic mass is 10.1. The van der Waals surface area contributed by atoms with Gasteiger partial charge in [0.2, 0.25) is 0 Å². The van der Waals surface area contributed by atoms with Crippen LogP contribution in [0.15, 0.2) is 42.9 Å². The number of Topliss-reactive ketones (excluding diaryl/α,β-unsaturated/α-hetero) is 1. The van der Waals surface area contributed by atoms with Gasteiger partial charge in [-0.15, -0.1) is 10.2 Å². The van der Waals surface area contributed by atoms with Gasteiger partial charge in [-0.3, -0.25) is 14.0 Å². The Labute approximate surface area is 155 Å². The van der Waals surface area contributed by atoms with Gasteiger partial charge in [0, 0.05) is 37.9 Å². The predicted molar refractivity (Wildman–Crippen MR) is 97.5 cm³/mol. The number of aromatic nitrogens is 3. The van der Waals surface area contributed by atoms with Crippen molar-refractivity contribution in [1.82, 2.24) is 19.5 Å². The number of hydrogen-bond donors (Lipinski definition) is 0. The Kier molecular flexibility index (Phi) is 4.31. The molecule has 1 fully saturated rings. The minimum Gasteiger partial charge on any atom is -0.366 e. The van der Waals surface area contributed by atoms with Gasteiger partial charge in [-0.25, -0.2) is 4.39 Å². The zero-order chi connectivity index (χ0) is 19.0. The van der Waals surface area contributed by atoms with E-state index in [1.807, 2.05) is 4.90 Å². The van der Waals surface area contributed by atoms with E-state index in [0.29, 0.717) is 48.6 Å². The van der Waals surface area contributed by atoms with Crippen molar-refractivity contribution in [2.75, 3.05) is 31.1 Å². The standard InChI is InChI=1S/C19H18FN5O2/c1-13(26)14-2-4-17(16(20)10-14)23-6-8-24(9-7-23)19(27)15-3-5-18-22-21-12-25(18)11-15/h2-5,10-12H,6-9H2,1H3. The largest absolute Gasteiger partial charge is 0.366 e. The molecule has 0 radical (unpaired) electrons. The SMILES string of the molecule is CC(=O)c1ccc(N2CCN(C(=O)c3ccc4nncn4c3)CC2)c(F)c1. The van der Waals surface area contributed by atoms with Crippen molar-refractivity contribution in [3.05, 3.63) is 59.8 Å². The molecule has 3 heterocycles. The molecule has 1 saturated heterocycles. The normalized spacial score (nSPS) is 14.6. The van der Waals surface area contributed by atoms with Crippen LogP contribution in [0.25, 0.3) is 5.65 Å². The molecule has 0 saturated carbocycles. The molecule has 0 N–H and O–H groups in total. The molecule has 138 valence electrons. The second-order valence-corrected chi connectivity index (χ2v) is 6.52. The Hall–Kier alpha value is -3.29. The van der Waals surface area contributed by atoms with E-state index in [0.717, 1.165) is 0 Å². The first kappa shape index (κ1) is 17.1. The summed E-state index contributed by atoms with van der Waals surface area (Å²) in [6.45, 7) is 3.45. The smallest absolute Gasteiger partial charge is 0.255 e. The fraction of sp³-hybridized carbons (Fsp3) is 0.263. The summed E-state index contributed by atoms with van der Waals surface area (Å²) in [5, 5.41) is 7.73. The molecular formula is C19H18FN5O2. The highest BCUT2D eigenvalue weighted by Crippen LogP contribution is 2.23. The summed E-state index contributed by atoms with van der Waals surface area (Å²) in [6.07, 6.45) is 3.27. The summed E-state index contributed by atoms with van der Waals surface area (Å²) in [4.78, 5) is 27.8. The van der Waals surface area contributed by atoms with Gasteiger partial charge in [0.15, 0.2) is 11.4 Å². The van der Waals surface area contributed by atoms with Crippen LogP contribution in [0, 0.1) is 5.82 Å². The van der Waals surface area contributed by atoms with Gasteiger partial charge in [-0.2, -0.15) is 0 Å². The number of amides is 1. The van der Waals surface area contributed by atoms with Crippen LogP contribution in [0.4, 0.5) is 10.1 Å². The lowest BCUT2D eigenvalue weighted by molar-refractivity contribution is 0.0746. The van der Waals surface area contributed by atoms with E-state index in [1.165, 1.54) is 13.0 Å². The van der Waals surface area contributed by atoms with Crippen LogP contribution >= 0.6 is 0 Å². The van der Waals surface area contributed by atoms with Crippen LogP contribution in [-0.2, 0) is 0 Å².